The lowest BCUT2D eigenvalue weighted by atomic mass is 9.86. The van der Waals surface area contributed by atoms with E-state index in [9.17, 15) is 4.79 Å². The van der Waals surface area contributed by atoms with Gasteiger partial charge in [-0.25, -0.2) is 0 Å². The Morgan fingerprint density at radius 3 is 2.07 bits per heavy atom. The van der Waals surface area contributed by atoms with Crippen LogP contribution in [0.5, 0.6) is 0 Å². The third-order valence-corrected chi connectivity index (χ3v) is 2.82. The molecule has 2 N–H and O–H groups in total. The lowest BCUT2D eigenvalue weighted by molar-refractivity contribution is -0.126. The molecular formula is C12H25NO. The van der Waals surface area contributed by atoms with Gasteiger partial charge in [-0.3, -0.25) is 4.79 Å². The molecule has 0 rings (SSSR count). The molecule has 0 fully saturated rings. The van der Waals surface area contributed by atoms with Gasteiger partial charge in [0.05, 0.1) is 0 Å². The molecule has 0 aromatic carbocycles. The molecule has 0 atom stereocenters. The first-order chi connectivity index (χ1) is 6.50. The third-order valence-electron chi connectivity index (χ3n) is 2.82. The molecule has 0 aromatic heterocycles. The molecule has 0 aliphatic rings. The molecule has 0 heterocycles. The van der Waals surface area contributed by atoms with Crippen molar-refractivity contribution in [3.8, 4) is 0 Å². The SMILES string of the molecule is CCCCCCCCC(C)(C)C(N)=O. The van der Waals surface area contributed by atoms with Crippen molar-refractivity contribution in [1.29, 1.82) is 0 Å². The maximum atomic E-state index is 11.0. The Kier molecular flexibility index (Phi) is 6.60. The number of carbonyl (C=O) groups excluding carboxylic acids is 1. The van der Waals surface area contributed by atoms with Crippen LogP contribution in [0.15, 0.2) is 0 Å². The van der Waals surface area contributed by atoms with Crippen LogP contribution in [-0.4, -0.2) is 5.91 Å². The van der Waals surface area contributed by atoms with Crippen LogP contribution in [0.25, 0.3) is 0 Å². The number of rotatable bonds is 8. The van der Waals surface area contributed by atoms with Crippen molar-refractivity contribution in [1.82, 2.24) is 0 Å². The molecule has 14 heavy (non-hydrogen) atoms. The van der Waals surface area contributed by atoms with Crippen LogP contribution in [0.4, 0.5) is 0 Å². The van der Waals surface area contributed by atoms with Crippen molar-refractivity contribution in [3.63, 3.8) is 0 Å². The predicted octanol–water partition coefficient (Wildman–Crippen LogP) is 3.25. The Labute approximate surface area is 88.3 Å². The molecule has 0 aliphatic carbocycles. The fourth-order valence-corrected chi connectivity index (χ4v) is 1.47. The smallest absolute Gasteiger partial charge is 0.223 e. The summed E-state index contributed by atoms with van der Waals surface area (Å²) in [5.41, 5.74) is 4.98. The van der Waals surface area contributed by atoms with Crippen molar-refractivity contribution < 1.29 is 4.79 Å². The summed E-state index contributed by atoms with van der Waals surface area (Å²) >= 11 is 0. The summed E-state index contributed by atoms with van der Waals surface area (Å²) in [5.74, 6) is -0.175. The molecule has 84 valence electrons. The van der Waals surface area contributed by atoms with Gasteiger partial charge in [0.1, 0.15) is 0 Å². The monoisotopic (exact) mass is 199 g/mol. The lowest BCUT2D eigenvalue weighted by Gasteiger charge is -2.19. The highest BCUT2D eigenvalue weighted by Crippen LogP contribution is 2.23. The van der Waals surface area contributed by atoms with Crippen LogP contribution in [0.2, 0.25) is 0 Å². The van der Waals surface area contributed by atoms with E-state index in [1.165, 1.54) is 32.1 Å². The molecule has 2 heteroatoms. The van der Waals surface area contributed by atoms with Crippen molar-refractivity contribution in [2.45, 2.75) is 65.7 Å². The maximum Gasteiger partial charge on any atom is 0.223 e. The van der Waals surface area contributed by atoms with E-state index in [2.05, 4.69) is 6.92 Å². The second-order valence-electron chi connectivity index (χ2n) is 4.77. The zero-order chi connectivity index (χ0) is 11.0. The van der Waals surface area contributed by atoms with E-state index in [-0.39, 0.29) is 11.3 Å². The zero-order valence-corrected chi connectivity index (χ0v) is 9.94. The Bertz CT molecular complexity index is 164. The van der Waals surface area contributed by atoms with Gasteiger partial charge in [-0.05, 0) is 6.42 Å². The van der Waals surface area contributed by atoms with Crippen molar-refractivity contribution in [3.05, 3.63) is 0 Å². The van der Waals surface area contributed by atoms with Gasteiger partial charge in [-0.15, -0.1) is 0 Å². The molecule has 0 bridgehead atoms. The fourth-order valence-electron chi connectivity index (χ4n) is 1.47. The number of unbranched alkanes of at least 4 members (excludes halogenated alkanes) is 5. The highest BCUT2D eigenvalue weighted by molar-refractivity contribution is 5.79. The van der Waals surface area contributed by atoms with Crippen LogP contribution in [0.1, 0.15) is 65.7 Å². The van der Waals surface area contributed by atoms with E-state index >= 15 is 0 Å². The average Bonchev–Trinajstić information content (AvgIpc) is 2.10. The van der Waals surface area contributed by atoms with Crippen LogP contribution in [0.3, 0.4) is 0 Å². The predicted molar refractivity (Wildman–Crippen MR) is 61.0 cm³/mol. The normalized spacial score (nSPS) is 11.6. The van der Waals surface area contributed by atoms with Crippen LogP contribution in [0, 0.1) is 5.41 Å². The Hall–Kier alpha value is -0.530. The second kappa shape index (κ2) is 6.86. The standard InChI is InChI=1S/C12H25NO/c1-4-5-6-7-8-9-10-12(2,3)11(13)14/h4-10H2,1-3H3,(H2,13,14). The molecule has 0 aromatic rings. The molecular weight excluding hydrogens is 174 g/mol. The minimum absolute atomic E-state index is 0.175. The van der Waals surface area contributed by atoms with E-state index in [0.29, 0.717) is 0 Å². The Balaban J connectivity index is 3.40. The number of hydrogen-bond donors (Lipinski definition) is 1. The van der Waals surface area contributed by atoms with Gasteiger partial charge in [0.15, 0.2) is 0 Å². The van der Waals surface area contributed by atoms with Crippen molar-refractivity contribution >= 4 is 5.91 Å². The van der Waals surface area contributed by atoms with E-state index < -0.39 is 0 Å². The summed E-state index contributed by atoms with van der Waals surface area (Å²) in [6.45, 7) is 6.08. The first kappa shape index (κ1) is 13.5. The van der Waals surface area contributed by atoms with Crippen LogP contribution in [-0.2, 0) is 4.79 Å². The second-order valence-corrected chi connectivity index (χ2v) is 4.77. The van der Waals surface area contributed by atoms with Crippen molar-refractivity contribution in [2.24, 2.45) is 11.1 Å². The largest absolute Gasteiger partial charge is 0.369 e. The Morgan fingerprint density at radius 2 is 1.57 bits per heavy atom. The molecule has 0 saturated heterocycles. The van der Waals surface area contributed by atoms with Gasteiger partial charge in [0, 0.05) is 5.41 Å². The summed E-state index contributed by atoms with van der Waals surface area (Å²) in [7, 11) is 0. The minimum atomic E-state index is -0.315. The topological polar surface area (TPSA) is 43.1 Å². The number of carbonyl (C=O) groups is 1. The minimum Gasteiger partial charge on any atom is -0.369 e. The number of hydrogen-bond acceptors (Lipinski definition) is 1. The molecule has 2 nitrogen and oxygen atoms in total. The van der Waals surface area contributed by atoms with Gasteiger partial charge in [-0.2, -0.15) is 0 Å². The number of amides is 1. The van der Waals surface area contributed by atoms with E-state index in [1.807, 2.05) is 13.8 Å². The molecule has 0 spiro atoms. The molecule has 0 saturated carbocycles. The summed E-state index contributed by atoms with van der Waals surface area (Å²) in [6, 6.07) is 0. The fraction of sp³-hybridized carbons (Fsp3) is 0.917. The summed E-state index contributed by atoms with van der Waals surface area (Å²) in [4.78, 5) is 11.0. The lowest BCUT2D eigenvalue weighted by Crippen LogP contribution is -2.31. The van der Waals surface area contributed by atoms with E-state index in [4.69, 9.17) is 5.73 Å². The van der Waals surface area contributed by atoms with Crippen LogP contribution >= 0.6 is 0 Å². The molecule has 0 aliphatic heterocycles. The van der Waals surface area contributed by atoms with Gasteiger partial charge in [-0.1, -0.05) is 59.3 Å². The zero-order valence-electron chi connectivity index (χ0n) is 9.94. The van der Waals surface area contributed by atoms with E-state index in [1.54, 1.807) is 0 Å². The van der Waals surface area contributed by atoms with Gasteiger partial charge >= 0.3 is 0 Å². The summed E-state index contributed by atoms with van der Waals surface area (Å²) in [6.07, 6.45) is 8.52. The molecule has 0 radical (unpaired) electrons. The van der Waals surface area contributed by atoms with E-state index in [0.717, 1.165) is 12.8 Å². The molecule has 1 amide bonds. The maximum absolute atomic E-state index is 11.0. The quantitative estimate of drug-likeness (QED) is 0.599. The van der Waals surface area contributed by atoms with Crippen molar-refractivity contribution in [2.75, 3.05) is 0 Å². The summed E-state index contributed by atoms with van der Waals surface area (Å²) in [5, 5.41) is 0. The first-order valence-corrected chi connectivity index (χ1v) is 5.80. The number of nitrogens with two attached hydrogens (primary N) is 1. The highest BCUT2D eigenvalue weighted by Gasteiger charge is 2.23. The van der Waals surface area contributed by atoms with Gasteiger partial charge < -0.3 is 5.73 Å². The van der Waals surface area contributed by atoms with Gasteiger partial charge in [0.25, 0.3) is 0 Å². The Morgan fingerprint density at radius 1 is 1.07 bits per heavy atom. The third kappa shape index (κ3) is 6.01. The molecule has 0 unspecified atom stereocenters. The highest BCUT2D eigenvalue weighted by atomic mass is 16.1. The first-order valence-electron chi connectivity index (χ1n) is 5.80. The number of primary amides is 1. The van der Waals surface area contributed by atoms with Crippen LogP contribution < -0.4 is 5.73 Å². The average molecular weight is 199 g/mol. The van der Waals surface area contributed by atoms with Gasteiger partial charge in [0.2, 0.25) is 5.91 Å². The summed E-state index contributed by atoms with van der Waals surface area (Å²) < 4.78 is 0.